The van der Waals surface area contributed by atoms with E-state index in [1.54, 1.807) is 7.05 Å². The highest BCUT2D eigenvalue weighted by molar-refractivity contribution is 5.79. The van der Waals surface area contributed by atoms with E-state index in [2.05, 4.69) is 27.8 Å². The predicted octanol–water partition coefficient (Wildman–Crippen LogP) is 2.28. The second-order valence-electron chi connectivity index (χ2n) is 5.37. The van der Waals surface area contributed by atoms with E-state index in [4.69, 9.17) is 0 Å². The Morgan fingerprint density at radius 3 is 2.39 bits per heavy atom. The van der Waals surface area contributed by atoms with Gasteiger partial charge in [0.15, 0.2) is 5.96 Å². The number of nitrogens with one attached hydrogen (secondary N) is 2. The van der Waals surface area contributed by atoms with Crippen LogP contribution in [0.1, 0.15) is 12.0 Å². The predicted molar refractivity (Wildman–Crippen MR) is 87.7 cm³/mol. The number of nitrogens with zero attached hydrogens (tertiary/aromatic N) is 2. The number of halogens is 3. The van der Waals surface area contributed by atoms with Gasteiger partial charge in [-0.1, -0.05) is 30.3 Å². The second-order valence-corrected chi connectivity index (χ2v) is 5.37. The van der Waals surface area contributed by atoms with Crippen molar-refractivity contribution in [2.24, 2.45) is 4.99 Å². The number of aliphatic imine (C=N–C) groups is 1. The SMILES string of the molecule is CN=C(NCCCc1ccccc1)NCCN(C)CC(F)(F)F. The first kappa shape index (κ1) is 19.3. The minimum atomic E-state index is -4.16. The van der Waals surface area contributed by atoms with Crippen LogP contribution < -0.4 is 10.6 Å². The van der Waals surface area contributed by atoms with Gasteiger partial charge in [0, 0.05) is 26.7 Å². The van der Waals surface area contributed by atoms with Gasteiger partial charge in [-0.15, -0.1) is 0 Å². The van der Waals surface area contributed by atoms with Gasteiger partial charge in [-0.25, -0.2) is 0 Å². The molecule has 0 fully saturated rings. The number of likely N-dealkylation sites (N-methyl/N-ethyl adjacent to an activating group) is 1. The van der Waals surface area contributed by atoms with Gasteiger partial charge in [0.25, 0.3) is 0 Å². The molecule has 0 saturated carbocycles. The van der Waals surface area contributed by atoms with Gasteiger partial charge >= 0.3 is 6.18 Å². The molecule has 0 radical (unpaired) electrons. The highest BCUT2D eigenvalue weighted by Gasteiger charge is 2.28. The molecule has 0 bridgehead atoms. The van der Waals surface area contributed by atoms with Crippen molar-refractivity contribution in [2.45, 2.75) is 19.0 Å². The summed E-state index contributed by atoms with van der Waals surface area (Å²) in [5.41, 5.74) is 1.28. The summed E-state index contributed by atoms with van der Waals surface area (Å²) in [4.78, 5) is 5.29. The summed E-state index contributed by atoms with van der Waals surface area (Å²) in [6.45, 7) is 0.555. The molecule has 0 atom stereocenters. The van der Waals surface area contributed by atoms with Gasteiger partial charge in [-0.3, -0.25) is 9.89 Å². The first-order valence-corrected chi connectivity index (χ1v) is 7.64. The van der Waals surface area contributed by atoms with E-state index in [1.807, 2.05) is 18.2 Å². The van der Waals surface area contributed by atoms with Crippen LogP contribution in [0.15, 0.2) is 35.3 Å². The quantitative estimate of drug-likeness (QED) is 0.436. The lowest BCUT2D eigenvalue weighted by Gasteiger charge is -2.19. The highest BCUT2D eigenvalue weighted by Crippen LogP contribution is 2.14. The van der Waals surface area contributed by atoms with E-state index in [0.29, 0.717) is 19.0 Å². The molecule has 0 spiro atoms. The van der Waals surface area contributed by atoms with Crippen molar-refractivity contribution in [1.29, 1.82) is 0 Å². The third-order valence-corrected chi connectivity index (χ3v) is 3.24. The summed E-state index contributed by atoms with van der Waals surface area (Å²) in [6, 6.07) is 10.2. The summed E-state index contributed by atoms with van der Waals surface area (Å²) in [5.74, 6) is 0.610. The van der Waals surface area contributed by atoms with Crippen molar-refractivity contribution in [3.05, 3.63) is 35.9 Å². The van der Waals surface area contributed by atoms with E-state index in [1.165, 1.54) is 17.5 Å². The number of rotatable bonds is 8. The Bertz CT molecular complexity index is 460. The van der Waals surface area contributed by atoms with Crippen molar-refractivity contribution in [1.82, 2.24) is 15.5 Å². The molecule has 2 N–H and O–H groups in total. The van der Waals surface area contributed by atoms with E-state index in [-0.39, 0.29) is 0 Å². The van der Waals surface area contributed by atoms with Crippen LogP contribution in [0.5, 0.6) is 0 Å². The fourth-order valence-corrected chi connectivity index (χ4v) is 2.11. The molecule has 0 aliphatic heterocycles. The molecule has 4 nitrogen and oxygen atoms in total. The summed E-state index contributed by atoms with van der Waals surface area (Å²) < 4.78 is 36.6. The molecule has 1 aromatic rings. The Hall–Kier alpha value is -1.76. The van der Waals surface area contributed by atoms with Gasteiger partial charge in [0.2, 0.25) is 0 Å². The monoisotopic (exact) mass is 330 g/mol. The smallest absolute Gasteiger partial charge is 0.356 e. The molecule has 1 rings (SSSR count). The van der Waals surface area contributed by atoms with Crippen LogP contribution in [0.25, 0.3) is 0 Å². The molecule has 23 heavy (non-hydrogen) atoms. The van der Waals surface area contributed by atoms with Gasteiger partial charge < -0.3 is 10.6 Å². The number of alkyl halides is 3. The molecular formula is C16H25F3N4. The molecular weight excluding hydrogens is 305 g/mol. The molecule has 130 valence electrons. The zero-order valence-electron chi connectivity index (χ0n) is 13.7. The maximum atomic E-state index is 12.2. The lowest BCUT2D eigenvalue weighted by atomic mass is 10.1. The Balaban J connectivity index is 2.15. The Morgan fingerprint density at radius 2 is 1.78 bits per heavy atom. The maximum Gasteiger partial charge on any atom is 0.401 e. The largest absolute Gasteiger partial charge is 0.401 e. The zero-order valence-corrected chi connectivity index (χ0v) is 13.7. The second kappa shape index (κ2) is 10.1. The summed E-state index contributed by atoms with van der Waals surface area (Å²) >= 11 is 0. The van der Waals surface area contributed by atoms with Crippen LogP contribution in [0.3, 0.4) is 0 Å². The molecule has 7 heteroatoms. The molecule has 0 aromatic heterocycles. The number of benzene rings is 1. The van der Waals surface area contributed by atoms with Gasteiger partial charge in [0.05, 0.1) is 6.54 Å². The van der Waals surface area contributed by atoms with Crippen molar-refractivity contribution in [2.75, 3.05) is 40.3 Å². The normalized spacial score (nSPS) is 12.5. The zero-order chi connectivity index (χ0) is 17.1. The molecule has 0 saturated heterocycles. The van der Waals surface area contributed by atoms with E-state index < -0.39 is 12.7 Å². The fraction of sp³-hybridized carbons (Fsp3) is 0.562. The van der Waals surface area contributed by atoms with E-state index in [9.17, 15) is 13.2 Å². The molecule has 0 unspecified atom stereocenters. The van der Waals surface area contributed by atoms with Crippen molar-refractivity contribution in [3.63, 3.8) is 0 Å². The third kappa shape index (κ3) is 9.78. The topological polar surface area (TPSA) is 39.7 Å². The summed E-state index contributed by atoms with van der Waals surface area (Å²) in [5, 5.41) is 6.17. The van der Waals surface area contributed by atoms with Crippen LogP contribution >= 0.6 is 0 Å². The third-order valence-electron chi connectivity index (χ3n) is 3.24. The Morgan fingerprint density at radius 1 is 1.13 bits per heavy atom. The molecule has 0 amide bonds. The highest BCUT2D eigenvalue weighted by atomic mass is 19.4. The average Bonchev–Trinajstić information content (AvgIpc) is 2.49. The minimum absolute atomic E-state index is 0.296. The average molecular weight is 330 g/mol. The number of hydrogen-bond donors (Lipinski definition) is 2. The summed E-state index contributed by atoms with van der Waals surface area (Å²) in [6.07, 6.45) is -2.23. The first-order valence-electron chi connectivity index (χ1n) is 7.64. The van der Waals surface area contributed by atoms with Crippen LogP contribution in [-0.4, -0.2) is 57.3 Å². The molecule has 0 aliphatic rings. The molecule has 0 aliphatic carbocycles. The van der Waals surface area contributed by atoms with Crippen LogP contribution in [0.4, 0.5) is 13.2 Å². The fourth-order valence-electron chi connectivity index (χ4n) is 2.11. The molecule has 0 heterocycles. The summed E-state index contributed by atoms with van der Waals surface area (Å²) in [7, 11) is 3.09. The Labute approximate surface area is 135 Å². The van der Waals surface area contributed by atoms with Gasteiger partial charge in [-0.2, -0.15) is 13.2 Å². The number of aryl methyl sites for hydroxylation is 1. The van der Waals surface area contributed by atoms with Crippen LogP contribution in [-0.2, 0) is 6.42 Å². The molecule has 1 aromatic carbocycles. The number of hydrogen-bond acceptors (Lipinski definition) is 2. The van der Waals surface area contributed by atoms with Crippen LogP contribution in [0.2, 0.25) is 0 Å². The lowest BCUT2D eigenvalue weighted by Crippen LogP contribution is -2.42. The van der Waals surface area contributed by atoms with Gasteiger partial charge in [0.1, 0.15) is 0 Å². The van der Waals surface area contributed by atoms with Crippen molar-refractivity contribution in [3.8, 4) is 0 Å². The van der Waals surface area contributed by atoms with E-state index >= 15 is 0 Å². The standard InChI is InChI=1S/C16H25F3N4/c1-20-15(22-11-12-23(2)13-16(17,18)19)21-10-6-9-14-7-4-3-5-8-14/h3-5,7-8H,6,9-13H2,1-2H3,(H2,20,21,22). The first-order chi connectivity index (χ1) is 10.9. The van der Waals surface area contributed by atoms with E-state index in [0.717, 1.165) is 19.4 Å². The van der Waals surface area contributed by atoms with Crippen LogP contribution in [0, 0.1) is 0 Å². The Kier molecular flexibility index (Phi) is 8.47. The minimum Gasteiger partial charge on any atom is -0.356 e. The van der Waals surface area contributed by atoms with Gasteiger partial charge in [-0.05, 0) is 25.5 Å². The van der Waals surface area contributed by atoms with Crippen molar-refractivity contribution >= 4 is 5.96 Å². The lowest BCUT2D eigenvalue weighted by molar-refractivity contribution is -0.142. The number of guanidine groups is 1. The van der Waals surface area contributed by atoms with Crippen molar-refractivity contribution < 1.29 is 13.2 Å². The maximum absolute atomic E-state index is 12.2.